The van der Waals surface area contributed by atoms with E-state index in [4.69, 9.17) is 9.47 Å². The van der Waals surface area contributed by atoms with E-state index in [0.29, 0.717) is 5.56 Å². The Hall–Kier alpha value is -1.49. The highest BCUT2D eigenvalue weighted by molar-refractivity contribution is 8.12. The van der Waals surface area contributed by atoms with Gasteiger partial charge in [0.1, 0.15) is 0 Å². The summed E-state index contributed by atoms with van der Waals surface area (Å²) in [5, 5.41) is -0.478. The number of rotatable bonds is 3. The molecule has 0 amide bonds. The van der Waals surface area contributed by atoms with Crippen molar-refractivity contribution in [3.8, 4) is 0 Å². The molecule has 0 bridgehead atoms. The Morgan fingerprint density at radius 3 is 2.38 bits per heavy atom. The first-order chi connectivity index (χ1) is 7.63. The van der Waals surface area contributed by atoms with Crippen molar-refractivity contribution in [3.05, 3.63) is 35.9 Å². The maximum Gasteiger partial charge on any atom is 0.370 e. The number of benzene rings is 1. The lowest BCUT2D eigenvalue weighted by Gasteiger charge is -2.12. The zero-order chi connectivity index (χ0) is 12.0. The normalized spacial score (nSPS) is 11.6. The van der Waals surface area contributed by atoms with Gasteiger partial charge in [0, 0.05) is 6.92 Å². The van der Waals surface area contributed by atoms with Crippen molar-refractivity contribution < 1.29 is 19.1 Å². The molecule has 0 saturated carbocycles. The fourth-order valence-electron chi connectivity index (χ4n) is 1.00. The molecule has 5 heteroatoms. The molecule has 0 spiro atoms. The van der Waals surface area contributed by atoms with Crippen LogP contribution < -0.4 is 0 Å². The summed E-state index contributed by atoms with van der Waals surface area (Å²) in [5.74, 6) is -0.512. The number of ether oxygens (including phenoxy) is 2. The second kappa shape index (κ2) is 6.17. The van der Waals surface area contributed by atoms with Crippen molar-refractivity contribution in [1.29, 1.82) is 0 Å². The van der Waals surface area contributed by atoms with E-state index in [1.807, 2.05) is 0 Å². The van der Waals surface area contributed by atoms with Gasteiger partial charge in [-0.05, 0) is 30.2 Å². The third kappa shape index (κ3) is 3.94. The molecule has 0 aliphatic heterocycles. The molecule has 0 saturated heterocycles. The Morgan fingerprint density at radius 1 is 1.19 bits per heavy atom. The summed E-state index contributed by atoms with van der Waals surface area (Å²) >= 11 is 0.924. The number of thioether (sulfide) groups is 1. The van der Waals surface area contributed by atoms with Gasteiger partial charge in [-0.3, -0.25) is 0 Å². The van der Waals surface area contributed by atoms with E-state index in [2.05, 4.69) is 0 Å². The third-order valence-corrected chi connectivity index (χ3v) is 2.14. The third-order valence-electron chi connectivity index (χ3n) is 1.71. The Balaban J connectivity index is 2.49. The van der Waals surface area contributed by atoms with Crippen LogP contribution in [0.5, 0.6) is 0 Å². The second-order valence-corrected chi connectivity index (χ2v) is 3.65. The van der Waals surface area contributed by atoms with Crippen molar-refractivity contribution in [1.82, 2.24) is 0 Å². The van der Waals surface area contributed by atoms with E-state index < -0.39 is 17.6 Å². The van der Waals surface area contributed by atoms with Crippen LogP contribution in [0.3, 0.4) is 0 Å². The van der Waals surface area contributed by atoms with Gasteiger partial charge in [-0.25, -0.2) is 9.59 Å². The van der Waals surface area contributed by atoms with Gasteiger partial charge in [-0.1, -0.05) is 18.2 Å². The van der Waals surface area contributed by atoms with Crippen LogP contribution in [0, 0.1) is 0 Å². The minimum Gasteiger partial charge on any atom is -0.422 e. The highest BCUT2D eigenvalue weighted by Crippen LogP contribution is 2.07. The van der Waals surface area contributed by atoms with Crippen LogP contribution in [-0.4, -0.2) is 23.8 Å². The van der Waals surface area contributed by atoms with Gasteiger partial charge in [0.25, 0.3) is 0 Å². The number of carbonyl (C=O) groups excluding carboxylic acids is 2. The monoisotopic (exact) mass is 240 g/mol. The SMILES string of the molecule is CSC(=O)O[C@H](C)OC(=O)c1ccccc1. The summed E-state index contributed by atoms with van der Waals surface area (Å²) in [5.41, 5.74) is 0.426. The lowest BCUT2D eigenvalue weighted by molar-refractivity contribution is -0.0526. The number of esters is 1. The maximum absolute atomic E-state index is 11.5. The van der Waals surface area contributed by atoms with Crippen molar-refractivity contribution in [2.24, 2.45) is 0 Å². The van der Waals surface area contributed by atoms with Crippen molar-refractivity contribution >= 4 is 23.0 Å². The molecular formula is C11H12O4S. The average Bonchev–Trinajstić information content (AvgIpc) is 2.29. The lowest BCUT2D eigenvalue weighted by Crippen LogP contribution is -2.19. The number of hydrogen-bond donors (Lipinski definition) is 0. The molecule has 1 atom stereocenters. The molecular weight excluding hydrogens is 228 g/mol. The van der Waals surface area contributed by atoms with Crippen molar-refractivity contribution in [2.75, 3.05) is 6.26 Å². The molecule has 0 fully saturated rings. The quantitative estimate of drug-likeness (QED) is 0.600. The van der Waals surface area contributed by atoms with Gasteiger partial charge in [-0.15, -0.1) is 0 Å². The molecule has 1 aromatic carbocycles. The molecule has 0 aliphatic rings. The zero-order valence-electron chi connectivity index (χ0n) is 9.01. The topological polar surface area (TPSA) is 52.6 Å². The molecule has 0 aromatic heterocycles. The van der Waals surface area contributed by atoms with Crippen LogP contribution in [0.1, 0.15) is 17.3 Å². The summed E-state index contributed by atoms with van der Waals surface area (Å²) in [4.78, 5) is 22.4. The largest absolute Gasteiger partial charge is 0.422 e. The van der Waals surface area contributed by atoms with Crippen molar-refractivity contribution in [3.63, 3.8) is 0 Å². The van der Waals surface area contributed by atoms with Crippen LogP contribution in [-0.2, 0) is 9.47 Å². The second-order valence-electron chi connectivity index (χ2n) is 2.91. The molecule has 0 N–H and O–H groups in total. The first kappa shape index (κ1) is 12.6. The Kier molecular flexibility index (Phi) is 4.85. The van der Waals surface area contributed by atoms with Gasteiger partial charge in [0.2, 0.25) is 6.29 Å². The predicted molar refractivity (Wildman–Crippen MR) is 61.3 cm³/mol. The maximum atomic E-state index is 11.5. The summed E-state index contributed by atoms with van der Waals surface area (Å²) < 4.78 is 9.69. The fourth-order valence-corrected chi connectivity index (χ4v) is 1.23. The summed E-state index contributed by atoms with van der Waals surface area (Å²) in [6.07, 6.45) is 0.710. The van der Waals surface area contributed by atoms with Crippen LogP contribution >= 0.6 is 11.8 Å². The molecule has 0 radical (unpaired) electrons. The van der Waals surface area contributed by atoms with Gasteiger partial charge >= 0.3 is 11.3 Å². The summed E-state index contributed by atoms with van der Waals surface area (Å²) in [6, 6.07) is 8.52. The first-order valence-electron chi connectivity index (χ1n) is 4.64. The van der Waals surface area contributed by atoms with Crippen LogP contribution in [0.25, 0.3) is 0 Å². The van der Waals surface area contributed by atoms with E-state index in [0.717, 1.165) is 11.8 Å². The molecule has 0 aliphatic carbocycles. The van der Waals surface area contributed by atoms with Gasteiger partial charge in [0.15, 0.2) is 0 Å². The van der Waals surface area contributed by atoms with E-state index in [1.165, 1.54) is 6.92 Å². The average molecular weight is 240 g/mol. The Labute approximate surface area is 97.9 Å². The summed E-state index contributed by atoms with van der Waals surface area (Å²) in [7, 11) is 0. The van der Waals surface area contributed by atoms with E-state index in [-0.39, 0.29) is 0 Å². The molecule has 0 heterocycles. The standard InChI is InChI=1S/C11H12O4S/c1-8(15-11(13)16-2)14-10(12)9-6-4-3-5-7-9/h3-8H,1-2H3/t8-/m1/s1. The predicted octanol–water partition coefficient (Wildman–Crippen LogP) is 2.69. The lowest BCUT2D eigenvalue weighted by atomic mass is 10.2. The number of hydrogen-bond acceptors (Lipinski definition) is 5. The van der Waals surface area contributed by atoms with Crippen LogP contribution in [0.15, 0.2) is 30.3 Å². The van der Waals surface area contributed by atoms with E-state index in [9.17, 15) is 9.59 Å². The minimum atomic E-state index is -0.882. The van der Waals surface area contributed by atoms with Crippen molar-refractivity contribution in [2.45, 2.75) is 13.2 Å². The number of carbonyl (C=O) groups is 2. The fraction of sp³-hybridized carbons (Fsp3) is 0.273. The molecule has 1 aromatic rings. The van der Waals surface area contributed by atoms with Crippen LogP contribution in [0.2, 0.25) is 0 Å². The Bertz CT molecular complexity index is 364. The highest BCUT2D eigenvalue weighted by Gasteiger charge is 2.14. The molecule has 16 heavy (non-hydrogen) atoms. The van der Waals surface area contributed by atoms with Gasteiger partial charge < -0.3 is 9.47 Å². The Morgan fingerprint density at radius 2 is 1.81 bits per heavy atom. The van der Waals surface area contributed by atoms with E-state index >= 15 is 0 Å². The first-order valence-corrected chi connectivity index (χ1v) is 5.86. The smallest absolute Gasteiger partial charge is 0.370 e. The van der Waals surface area contributed by atoms with Gasteiger partial charge in [0.05, 0.1) is 5.56 Å². The van der Waals surface area contributed by atoms with Crippen LogP contribution in [0.4, 0.5) is 4.79 Å². The summed E-state index contributed by atoms with van der Waals surface area (Å²) in [6.45, 7) is 1.50. The van der Waals surface area contributed by atoms with E-state index in [1.54, 1.807) is 36.6 Å². The molecule has 86 valence electrons. The molecule has 4 nitrogen and oxygen atoms in total. The molecule has 1 rings (SSSR count). The van der Waals surface area contributed by atoms with Gasteiger partial charge in [-0.2, -0.15) is 0 Å². The molecule has 0 unspecified atom stereocenters. The highest BCUT2D eigenvalue weighted by atomic mass is 32.2. The zero-order valence-corrected chi connectivity index (χ0v) is 9.82. The minimum absolute atomic E-state index is 0.426.